The molecule has 1 rings (SSSR count). The highest BCUT2D eigenvalue weighted by Crippen LogP contribution is 2.20. The van der Waals surface area contributed by atoms with Gasteiger partial charge in [0, 0.05) is 17.8 Å². The first-order chi connectivity index (χ1) is 7.85. The summed E-state index contributed by atoms with van der Waals surface area (Å²) in [5.41, 5.74) is -0.243. The number of rotatable bonds is 5. The average Bonchev–Trinajstić information content (AvgIpc) is 2.15. The van der Waals surface area contributed by atoms with Crippen molar-refractivity contribution in [2.24, 2.45) is 0 Å². The van der Waals surface area contributed by atoms with Crippen LogP contribution in [0, 0.1) is 5.82 Å². The van der Waals surface area contributed by atoms with Crippen molar-refractivity contribution in [1.82, 2.24) is 0 Å². The quantitative estimate of drug-likeness (QED) is 0.738. The van der Waals surface area contributed by atoms with Gasteiger partial charge in [-0.05, 0) is 38.5 Å². The third-order valence-corrected chi connectivity index (χ3v) is 2.42. The first-order valence-electron chi connectivity index (χ1n) is 5.27. The number of benzene rings is 1. The number of nitrogens with one attached hydrogen (secondary N) is 1. The molecule has 3 N–H and O–H groups in total. The van der Waals surface area contributed by atoms with E-state index in [4.69, 9.17) is 10.2 Å². The van der Waals surface area contributed by atoms with Crippen molar-refractivity contribution >= 4 is 11.7 Å². The summed E-state index contributed by atoms with van der Waals surface area (Å²) in [5.74, 6) is -2.06. The Kier molecular flexibility index (Phi) is 4.07. The minimum absolute atomic E-state index is 0.0235. The summed E-state index contributed by atoms with van der Waals surface area (Å²) in [5, 5.41) is 20.6. The van der Waals surface area contributed by atoms with Gasteiger partial charge >= 0.3 is 5.97 Å². The maximum atomic E-state index is 13.4. The molecular weight excluding hydrogens is 225 g/mol. The lowest BCUT2D eigenvalue weighted by molar-refractivity contribution is 0.0692. The van der Waals surface area contributed by atoms with Gasteiger partial charge in [-0.2, -0.15) is 0 Å². The van der Waals surface area contributed by atoms with Crippen LogP contribution in [0.2, 0.25) is 0 Å². The number of carboxylic acid groups (broad SMARTS) is 1. The summed E-state index contributed by atoms with van der Waals surface area (Å²) >= 11 is 0. The zero-order valence-electron chi connectivity index (χ0n) is 9.83. The lowest BCUT2D eigenvalue weighted by atomic mass is 10.0. The molecule has 0 aromatic heterocycles. The smallest absolute Gasteiger partial charge is 0.338 e. The van der Waals surface area contributed by atoms with E-state index in [2.05, 4.69) is 5.32 Å². The van der Waals surface area contributed by atoms with Gasteiger partial charge in [0.05, 0.1) is 5.56 Å². The molecule has 1 aromatic rings. The number of aliphatic hydroxyl groups is 1. The summed E-state index contributed by atoms with van der Waals surface area (Å²) in [6.07, 6.45) is 0.509. The van der Waals surface area contributed by atoms with Gasteiger partial charge in [-0.15, -0.1) is 0 Å². The van der Waals surface area contributed by atoms with Gasteiger partial charge in [0.2, 0.25) is 0 Å². The van der Waals surface area contributed by atoms with E-state index in [9.17, 15) is 9.18 Å². The Morgan fingerprint density at radius 3 is 2.59 bits per heavy atom. The summed E-state index contributed by atoms with van der Waals surface area (Å²) in [4.78, 5) is 10.6. The number of carbonyl (C=O) groups is 1. The van der Waals surface area contributed by atoms with E-state index in [1.54, 1.807) is 0 Å². The van der Waals surface area contributed by atoms with Gasteiger partial charge in [-0.1, -0.05) is 0 Å². The summed E-state index contributed by atoms with van der Waals surface area (Å²) in [7, 11) is 0. The van der Waals surface area contributed by atoms with E-state index >= 15 is 0 Å². The van der Waals surface area contributed by atoms with Crippen LogP contribution in [-0.2, 0) is 0 Å². The lowest BCUT2D eigenvalue weighted by Crippen LogP contribution is -2.31. The molecule has 0 saturated heterocycles. The fourth-order valence-corrected chi connectivity index (χ4v) is 1.50. The molecule has 0 unspecified atom stereocenters. The van der Waals surface area contributed by atoms with Crippen molar-refractivity contribution in [2.45, 2.75) is 25.8 Å². The molecule has 5 heteroatoms. The predicted octanol–water partition coefficient (Wildman–Crippen LogP) is 2.10. The van der Waals surface area contributed by atoms with Crippen molar-refractivity contribution < 1.29 is 19.4 Å². The molecule has 0 atom stereocenters. The van der Waals surface area contributed by atoms with Crippen molar-refractivity contribution in [3.8, 4) is 0 Å². The highest BCUT2D eigenvalue weighted by molar-refractivity contribution is 5.88. The van der Waals surface area contributed by atoms with Crippen molar-refractivity contribution in [1.29, 1.82) is 0 Å². The fraction of sp³-hybridized carbons (Fsp3) is 0.417. The zero-order valence-corrected chi connectivity index (χ0v) is 9.83. The molecule has 0 aliphatic rings. The van der Waals surface area contributed by atoms with Crippen molar-refractivity contribution in [3.63, 3.8) is 0 Å². The van der Waals surface area contributed by atoms with E-state index in [1.165, 1.54) is 12.1 Å². The molecule has 0 aliphatic carbocycles. The Balaban J connectivity index is 2.88. The molecule has 0 bridgehead atoms. The molecule has 0 heterocycles. The van der Waals surface area contributed by atoms with E-state index in [1.807, 2.05) is 13.8 Å². The number of hydrogen-bond donors (Lipinski definition) is 3. The van der Waals surface area contributed by atoms with Crippen LogP contribution >= 0.6 is 0 Å². The maximum absolute atomic E-state index is 13.4. The van der Waals surface area contributed by atoms with Gasteiger partial charge in [0.15, 0.2) is 0 Å². The van der Waals surface area contributed by atoms with Gasteiger partial charge in [0.1, 0.15) is 5.82 Å². The average molecular weight is 241 g/mol. The SMILES string of the molecule is CC(C)(CCO)Nc1ccc(C(=O)O)c(F)c1. The van der Waals surface area contributed by atoms with Crippen LogP contribution in [0.15, 0.2) is 18.2 Å². The van der Waals surface area contributed by atoms with Gasteiger partial charge in [0.25, 0.3) is 0 Å². The van der Waals surface area contributed by atoms with Crippen molar-refractivity contribution in [2.75, 3.05) is 11.9 Å². The zero-order chi connectivity index (χ0) is 13.1. The first kappa shape index (κ1) is 13.4. The van der Waals surface area contributed by atoms with Crippen LogP contribution in [0.1, 0.15) is 30.6 Å². The predicted molar refractivity (Wildman–Crippen MR) is 62.8 cm³/mol. The number of aromatic carboxylic acids is 1. The normalized spacial score (nSPS) is 11.3. The Morgan fingerprint density at radius 2 is 2.12 bits per heavy atom. The molecule has 0 radical (unpaired) electrons. The van der Waals surface area contributed by atoms with Crippen LogP contribution in [0.3, 0.4) is 0 Å². The minimum Gasteiger partial charge on any atom is -0.478 e. The van der Waals surface area contributed by atoms with Crippen LogP contribution in [0.25, 0.3) is 0 Å². The molecule has 17 heavy (non-hydrogen) atoms. The fourth-order valence-electron chi connectivity index (χ4n) is 1.50. The molecule has 0 saturated carbocycles. The van der Waals surface area contributed by atoms with Gasteiger partial charge in [-0.3, -0.25) is 0 Å². The standard InChI is InChI=1S/C12H16FNO3/c1-12(2,5-6-15)14-8-3-4-9(11(16)17)10(13)7-8/h3-4,7,14-15H,5-6H2,1-2H3,(H,16,17). The highest BCUT2D eigenvalue weighted by Gasteiger charge is 2.18. The Labute approximate surface area is 99.1 Å². The summed E-state index contributed by atoms with van der Waals surface area (Å²) in [6.45, 7) is 3.76. The van der Waals surface area contributed by atoms with Crippen LogP contribution < -0.4 is 5.32 Å². The van der Waals surface area contributed by atoms with E-state index < -0.39 is 11.8 Å². The number of aliphatic hydroxyl groups excluding tert-OH is 1. The number of hydrogen-bond acceptors (Lipinski definition) is 3. The van der Waals surface area contributed by atoms with Gasteiger partial charge < -0.3 is 15.5 Å². The van der Waals surface area contributed by atoms with E-state index in [0.29, 0.717) is 12.1 Å². The molecule has 94 valence electrons. The van der Waals surface area contributed by atoms with E-state index in [0.717, 1.165) is 6.07 Å². The highest BCUT2D eigenvalue weighted by atomic mass is 19.1. The van der Waals surface area contributed by atoms with Crippen LogP contribution in [0.4, 0.5) is 10.1 Å². The van der Waals surface area contributed by atoms with Crippen molar-refractivity contribution in [3.05, 3.63) is 29.6 Å². The minimum atomic E-state index is -1.29. The maximum Gasteiger partial charge on any atom is 0.338 e. The lowest BCUT2D eigenvalue weighted by Gasteiger charge is -2.26. The molecule has 0 spiro atoms. The second-order valence-electron chi connectivity index (χ2n) is 4.48. The number of halogens is 1. The molecule has 1 aromatic carbocycles. The first-order valence-corrected chi connectivity index (χ1v) is 5.27. The molecule has 0 aliphatic heterocycles. The monoisotopic (exact) mass is 241 g/mol. The van der Waals surface area contributed by atoms with Crippen LogP contribution in [0.5, 0.6) is 0 Å². The Morgan fingerprint density at radius 1 is 1.47 bits per heavy atom. The molecule has 4 nitrogen and oxygen atoms in total. The largest absolute Gasteiger partial charge is 0.478 e. The summed E-state index contributed by atoms with van der Waals surface area (Å²) in [6, 6.07) is 3.86. The number of anilines is 1. The second kappa shape index (κ2) is 5.14. The van der Waals surface area contributed by atoms with E-state index in [-0.39, 0.29) is 17.7 Å². The Bertz CT molecular complexity index is 418. The van der Waals surface area contributed by atoms with Gasteiger partial charge in [-0.25, -0.2) is 9.18 Å². The Hall–Kier alpha value is -1.62. The van der Waals surface area contributed by atoms with Crippen LogP contribution in [-0.4, -0.2) is 28.3 Å². The second-order valence-corrected chi connectivity index (χ2v) is 4.48. The third-order valence-electron chi connectivity index (χ3n) is 2.42. The molecule has 0 fully saturated rings. The molecular formula is C12H16FNO3. The molecule has 0 amide bonds. The summed E-state index contributed by atoms with van der Waals surface area (Å²) < 4.78 is 13.4. The number of carboxylic acids is 1. The third kappa shape index (κ3) is 3.71. The topological polar surface area (TPSA) is 69.6 Å².